The molecule has 0 unspecified atom stereocenters. The maximum Gasteiger partial charge on any atom is 0.238 e. The molecule has 1 amide bonds. The normalized spacial score (nSPS) is 26.2. The summed E-state index contributed by atoms with van der Waals surface area (Å²) in [6.45, 7) is 13.3. The molecular formula is C39H47FN8O3. The number of hydrogen-bond acceptors (Lipinski definition) is 9. The lowest BCUT2D eigenvalue weighted by molar-refractivity contribution is -0.128. The molecule has 2 N–H and O–H groups in total. The van der Waals surface area contributed by atoms with Gasteiger partial charge in [-0.2, -0.15) is 0 Å². The van der Waals surface area contributed by atoms with Gasteiger partial charge in [0.2, 0.25) is 5.91 Å². The van der Waals surface area contributed by atoms with Crippen molar-refractivity contribution < 1.29 is 19.0 Å². The summed E-state index contributed by atoms with van der Waals surface area (Å²) in [7, 11) is 0. The van der Waals surface area contributed by atoms with Crippen LogP contribution in [0.15, 0.2) is 49.1 Å². The summed E-state index contributed by atoms with van der Waals surface area (Å²) in [5.74, 6) is 0.264. The third-order valence-corrected chi connectivity index (χ3v) is 12.5. The van der Waals surface area contributed by atoms with E-state index in [4.69, 9.17) is 14.7 Å². The highest BCUT2D eigenvalue weighted by molar-refractivity contribution is 6.09. The SMILES string of the molecule is CC(C)n1cnc2cc(-c3ccc4c(c3)N(C3CC(N5C[C@@H](O)C(C)(C)C5)C3)C(=O)C43CCN(C4COC4)CC3)nc(Nc3ccncc3F)c21. The van der Waals surface area contributed by atoms with E-state index >= 15 is 0 Å². The molecule has 4 aromatic rings. The number of nitrogens with zero attached hydrogens (tertiary/aromatic N) is 7. The van der Waals surface area contributed by atoms with Crippen LogP contribution >= 0.6 is 0 Å². The lowest BCUT2D eigenvalue weighted by atomic mass is 9.73. The third-order valence-electron chi connectivity index (χ3n) is 12.5. The van der Waals surface area contributed by atoms with Crippen LogP contribution in [0.2, 0.25) is 0 Å². The summed E-state index contributed by atoms with van der Waals surface area (Å²) in [6.07, 6.45) is 7.56. The number of halogens is 1. The zero-order valence-corrected chi connectivity index (χ0v) is 29.8. The van der Waals surface area contributed by atoms with Crippen molar-refractivity contribution in [2.75, 3.05) is 49.6 Å². The molecule has 268 valence electrons. The predicted molar refractivity (Wildman–Crippen MR) is 194 cm³/mol. The molecule has 5 aliphatic rings. The maximum atomic E-state index is 14.8. The first kappa shape index (κ1) is 32.9. The van der Waals surface area contributed by atoms with Crippen molar-refractivity contribution in [3.8, 4) is 11.3 Å². The summed E-state index contributed by atoms with van der Waals surface area (Å²) >= 11 is 0. The number of likely N-dealkylation sites (tertiary alicyclic amines) is 2. The van der Waals surface area contributed by atoms with Crippen molar-refractivity contribution in [1.29, 1.82) is 0 Å². The Balaban J connectivity index is 1.09. The summed E-state index contributed by atoms with van der Waals surface area (Å²) in [5.41, 5.74) is 4.82. The fraction of sp³-hybridized carbons (Fsp3) is 0.538. The van der Waals surface area contributed by atoms with Gasteiger partial charge in [0.1, 0.15) is 5.52 Å². The van der Waals surface area contributed by atoms with Gasteiger partial charge in [0.05, 0.1) is 60.2 Å². The second-order valence-electron chi connectivity index (χ2n) is 16.4. The zero-order valence-electron chi connectivity index (χ0n) is 29.8. The number of anilines is 3. The lowest BCUT2D eigenvalue weighted by Gasteiger charge is -2.47. The first-order valence-electron chi connectivity index (χ1n) is 18.5. The third kappa shape index (κ3) is 5.28. The average Bonchev–Trinajstić information content (AvgIpc) is 3.68. The number of aromatic nitrogens is 4. The number of imidazole rings is 1. The van der Waals surface area contributed by atoms with Crippen LogP contribution in [0.5, 0.6) is 0 Å². The molecule has 3 aromatic heterocycles. The molecule has 4 aliphatic heterocycles. The number of pyridine rings is 2. The van der Waals surface area contributed by atoms with Crippen molar-refractivity contribution in [3.05, 3.63) is 60.4 Å². The first-order valence-corrected chi connectivity index (χ1v) is 18.5. The minimum atomic E-state index is -0.551. The molecule has 0 bridgehead atoms. The second-order valence-corrected chi connectivity index (χ2v) is 16.4. The quantitative estimate of drug-likeness (QED) is 0.267. The van der Waals surface area contributed by atoms with Crippen LogP contribution in [0.1, 0.15) is 65.0 Å². The van der Waals surface area contributed by atoms with Crippen molar-refractivity contribution in [3.63, 3.8) is 0 Å². The molecule has 1 aliphatic carbocycles. The van der Waals surface area contributed by atoms with Crippen LogP contribution in [-0.4, -0.2) is 104 Å². The van der Waals surface area contributed by atoms with E-state index in [0.717, 1.165) is 86.4 Å². The van der Waals surface area contributed by atoms with Gasteiger partial charge in [0, 0.05) is 54.1 Å². The topological polar surface area (TPSA) is 112 Å². The van der Waals surface area contributed by atoms with Crippen LogP contribution in [0.4, 0.5) is 21.6 Å². The number of benzene rings is 1. The number of carbonyl (C=O) groups excluding carboxylic acids is 1. The standard InChI is InChI=1S/C39H47FN8O3/c1-23(2)47-22-42-32-16-31(44-36(35(32)47)43-30-7-10-41-17-29(30)40)24-5-6-28-33(13-24)48(26-14-25(15-26)46-18-34(49)38(3,4)21-46)37(50)39(28)8-11-45(12-9-39)27-19-51-20-27/h5-7,10,13,16-17,22-23,25-27,34,49H,8-9,11-12,14-15,18-21H2,1-4H3,(H,41,43,44)/t25?,26?,34-/m1/s1. The highest BCUT2D eigenvalue weighted by atomic mass is 19.1. The van der Waals surface area contributed by atoms with Crippen molar-refractivity contribution in [1.82, 2.24) is 29.3 Å². The van der Waals surface area contributed by atoms with Gasteiger partial charge in [0.15, 0.2) is 11.6 Å². The monoisotopic (exact) mass is 694 g/mol. The molecule has 51 heavy (non-hydrogen) atoms. The van der Waals surface area contributed by atoms with E-state index in [1.807, 2.05) is 10.6 Å². The van der Waals surface area contributed by atoms with E-state index in [1.165, 1.54) is 6.20 Å². The summed E-state index contributed by atoms with van der Waals surface area (Å²) in [6, 6.07) is 11.0. The van der Waals surface area contributed by atoms with Crippen LogP contribution in [0.3, 0.4) is 0 Å². The van der Waals surface area contributed by atoms with Crippen LogP contribution in [0.25, 0.3) is 22.3 Å². The van der Waals surface area contributed by atoms with Gasteiger partial charge in [-0.05, 0) is 76.4 Å². The summed E-state index contributed by atoms with van der Waals surface area (Å²) in [5, 5.41) is 13.9. The number of amides is 1. The number of rotatable bonds is 7. The van der Waals surface area contributed by atoms with E-state index in [0.29, 0.717) is 30.1 Å². The highest BCUT2D eigenvalue weighted by Gasteiger charge is 2.56. The smallest absolute Gasteiger partial charge is 0.238 e. The maximum absolute atomic E-state index is 14.8. The molecule has 1 aromatic carbocycles. The van der Waals surface area contributed by atoms with Crippen molar-refractivity contribution in [2.24, 2.45) is 5.41 Å². The number of carbonyl (C=O) groups is 1. The number of aliphatic hydroxyl groups excluding tert-OH is 1. The molecule has 12 heteroatoms. The van der Waals surface area contributed by atoms with E-state index < -0.39 is 11.2 Å². The van der Waals surface area contributed by atoms with Crippen LogP contribution < -0.4 is 10.2 Å². The zero-order chi connectivity index (χ0) is 35.2. The van der Waals surface area contributed by atoms with Gasteiger partial charge in [-0.25, -0.2) is 14.4 Å². The molecule has 11 nitrogen and oxygen atoms in total. The van der Waals surface area contributed by atoms with E-state index in [-0.39, 0.29) is 35.2 Å². The van der Waals surface area contributed by atoms with Gasteiger partial charge in [-0.15, -0.1) is 0 Å². The van der Waals surface area contributed by atoms with Crippen molar-refractivity contribution in [2.45, 2.75) is 89.1 Å². The molecule has 1 atom stereocenters. The molecular weight excluding hydrogens is 647 g/mol. The molecule has 7 heterocycles. The van der Waals surface area contributed by atoms with Crippen LogP contribution in [-0.2, 0) is 14.9 Å². The second kappa shape index (κ2) is 12.0. The minimum Gasteiger partial charge on any atom is -0.391 e. The van der Waals surface area contributed by atoms with Gasteiger partial charge in [-0.1, -0.05) is 26.0 Å². The number of hydrogen-bond donors (Lipinski definition) is 2. The number of nitrogens with one attached hydrogen (secondary N) is 1. The minimum absolute atomic E-state index is 0.0962. The number of β-amino-alcohol motifs (C(OH)–C–C–N with tert-alkyl or cyclic N) is 1. The van der Waals surface area contributed by atoms with Crippen molar-refractivity contribution >= 4 is 34.1 Å². The predicted octanol–water partition coefficient (Wildman–Crippen LogP) is 5.27. The average molecular weight is 695 g/mol. The van der Waals surface area contributed by atoms with Gasteiger partial charge in [-0.3, -0.25) is 19.6 Å². The molecule has 1 spiro atoms. The Bertz CT molecular complexity index is 2000. The lowest BCUT2D eigenvalue weighted by Crippen LogP contribution is -2.59. The number of ether oxygens (including phenoxy) is 1. The Kier molecular flexibility index (Phi) is 7.77. The van der Waals surface area contributed by atoms with Gasteiger partial charge >= 0.3 is 0 Å². The highest BCUT2D eigenvalue weighted by Crippen LogP contribution is 2.52. The number of aliphatic hydroxyl groups is 1. The van der Waals surface area contributed by atoms with E-state index in [1.54, 1.807) is 18.6 Å². The Hall–Kier alpha value is -3.97. The number of piperidine rings is 1. The fourth-order valence-corrected chi connectivity index (χ4v) is 9.10. The van der Waals surface area contributed by atoms with Crippen LogP contribution in [0, 0.1) is 11.2 Å². The van der Waals surface area contributed by atoms with E-state index in [2.05, 4.69) is 70.9 Å². The molecule has 0 radical (unpaired) electrons. The Morgan fingerprint density at radius 1 is 1.04 bits per heavy atom. The van der Waals surface area contributed by atoms with Gasteiger partial charge in [0.25, 0.3) is 0 Å². The molecule has 1 saturated carbocycles. The first-order chi connectivity index (χ1) is 24.5. The Morgan fingerprint density at radius 3 is 2.49 bits per heavy atom. The summed E-state index contributed by atoms with van der Waals surface area (Å²) in [4.78, 5) is 35.6. The van der Waals surface area contributed by atoms with Gasteiger partial charge < -0.3 is 24.6 Å². The number of fused-ring (bicyclic) bond motifs is 3. The molecule has 4 fully saturated rings. The Morgan fingerprint density at radius 2 is 1.82 bits per heavy atom. The molecule has 9 rings (SSSR count). The Labute approximate surface area is 297 Å². The summed E-state index contributed by atoms with van der Waals surface area (Å²) < 4.78 is 22.4. The largest absolute Gasteiger partial charge is 0.391 e. The van der Waals surface area contributed by atoms with E-state index in [9.17, 15) is 14.3 Å². The fourth-order valence-electron chi connectivity index (χ4n) is 9.10. The molecule has 3 saturated heterocycles.